The van der Waals surface area contributed by atoms with E-state index >= 15 is 0 Å². The van der Waals surface area contributed by atoms with Crippen molar-refractivity contribution < 1.29 is 0 Å². The highest BCUT2D eigenvalue weighted by Gasteiger charge is 2.24. The summed E-state index contributed by atoms with van der Waals surface area (Å²) in [5.74, 6) is 1.15. The molecule has 6 heteroatoms. The van der Waals surface area contributed by atoms with Crippen molar-refractivity contribution in [3.8, 4) is 0 Å². The molecule has 4 rings (SSSR count). The van der Waals surface area contributed by atoms with Crippen molar-refractivity contribution in [1.82, 2.24) is 19.1 Å². The molecular formula is C27H32N4O2. The molecule has 6 nitrogen and oxygen atoms in total. The number of aromatic amines is 1. The van der Waals surface area contributed by atoms with E-state index in [1.807, 2.05) is 26.0 Å². The third-order valence-corrected chi connectivity index (χ3v) is 6.37. The standard InChI is InChI=1S/C27H32N4O2/c1-4-16-30-25-24(26(32)31(17-5-2)27(30)33)28-23(29-25)18-22(21-14-10-7-11-15-21)19(3)20-12-8-6-9-13-20/h6-15,19,22H,4-5,16-18H2,1-3H3,(H,28,29). The lowest BCUT2D eigenvalue weighted by atomic mass is 9.80. The van der Waals surface area contributed by atoms with Crippen molar-refractivity contribution in [3.05, 3.63) is 98.5 Å². The summed E-state index contributed by atoms with van der Waals surface area (Å²) in [5.41, 5.74) is 2.82. The Morgan fingerprint density at radius 1 is 0.848 bits per heavy atom. The zero-order chi connectivity index (χ0) is 23.4. The smallest absolute Gasteiger partial charge is 0.332 e. The fourth-order valence-corrected chi connectivity index (χ4v) is 4.64. The number of H-pyrrole nitrogens is 1. The minimum atomic E-state index is -0.282. The number of aryl methyl sites for hydroxylation is 1. The van der Waals surface area contributed by atoms with Gasteiger partial charge in [0.2, 0.25) is 0 Å². The van der Waals surface area contributed by atoms with Crippen molar-refractivity contribution >= 4 is 11.2 Å². The maximum absolute atomic E-state index is 13.1. The minimum Gasteiger partial charge on any atom is -0.336 e. The molecule has 2 unspecified atom stereocenters. The summed E-state index contributed by atoms with van der Waals surface area (Å²) >= 11 is 0. The van der Waals surface area contributed by atoms with Crippen LogP contribution in [0.25, 0.3) is 11.2 Å². The van der Waals surface area contributed by atoms with Crippen LogP contribution in [-0.2, 0) is 19.5 Å². The van der Waals surface area contributed by atoms with Crippen LogP contribution in [-0.4, -0.2) is 19.1 Å². The quantitative estimate of drug-likeness (QED) is 0.402. The Bertz CT molecular complexity index is 1320. The van der Waals surface area contributed by atoms with Gasteiger partial charge < -0.3 is 4.98 Å². The molecule has 2 aromatic carbocycles. The van der Waals surface area contributed by atoms with E-state index in [9.17, 15) is 9.59 Å². The van der Waals surface area contributed by atoms with Crippen LogP contribution < -0.4 is 11.2 Å². The highest BCUT2D eigenvalue weighted by Crippen LogP contribution is 2.35. The van der Waals surface area contributed by atoms with Crippen LogP contribution >= 0.6 is 0 Å². The van der Waals surface area contributed by atoms with Gasteiger partial charge in [-0.05, 0) is 35.8 Å². The van der Waals surface area contributed by atoms with E-state index in [0.717, 1.165) is 18.7 Å². The molecule has 0 spiro atoms. The Hall–Kier alpha value is -3.41. The zero-order valence-electron chi connectivity index (χ0n) is 19.6. The van der Waals surface area contributed by atoms with Gasteiger partial charge in [0.25, 0.3) is 5.56 Å². The lowest BCUT2D eigenvalue weighted by molar-refractivity contribution is 0.554. The third kappa shape index (κ3) is 4.56. The van der Waals surface area contributed by atoms with Crippen molar-refractivity contribution in [2.45, 2.75) is 65.0 Å². The molecule has 0 radical (unpaired) electrons. The number of imidazole rings is 1. The summed E-state index contributed by atoms with van der Waals surface area (Å²) in [6.45, 7) is 7.16. The van der Waals surface area contributed by atoms with Gasteiger partial charge in [-0.25, -0.2) is 9.78 Å². The molecule has 0 saturated carbocycles. The molecule has 0 aliphatic carbocycles. The number of nitrogens with one attached hydrogen (secondary N) is 1. The highest BCUT2D eigenvalue weighted by molar-refractivity contribution is 5.69. The second kappa shape index (κ2) is 10.0. The van der Waals surface area contributed by atoms with Crippen molar-refractivity contribution in [2.75, 3.05) is 0 Å². The predicted molar refractivity (Wildman–Crippen MR) is 133 cm³/mol. The van der Waals surface area contributed by atoms with Crippen LogP contribution in [0.5, 0.6) is 0 Å². The third-order valence-electron chi connectivity index (χ3n) is 6.37. The van der Waals surface area contributed by atoms with Gasteiger partial charge in [0, 0.05) is 19.5 Å². The van der Waals surface area contributed by atoms with Crippen molar-refractivity contribution in [3.63, 3.8) is 0 Å². The van der Waals surface area contributed by atoms with Gasteiger partial charge in [0.05, 0.1) is 0 Å². The van der Waals surface area contributed by atoms with Gasteiger partial charge in [-0.2, -0.15) is 0 Å². The van der Waals surface area contributed by atoms with Crippen molar-refractivity contribution in [2.24, 2.45) is 0 Å². The first kappa shape index (κ1) is 22.8. The Morgan fingerprint density at radius 3 is 2.03 bits per heavy atom. The topological polar surface area (TPSA) is 72.7 Å². The average molecular weight is 445 g/mol. The van der Waals surface area contributed by atoms with Crippen LogP contribution in [0.4, 0.5) is 0 Å². The van der Waals surface area contributed by atoms with E-state index < -0.39 is 0 Å². The molecule has 4 aromatic rings. The molecule has 2 heterocycles. The van der Waals surface area contributed by atoms with Crippen LogP contribution in [0.3, 0.4) is 0 Å². The SMILES string of the molecule is CCCn1c(=O)c2[nH]c(CC(c3ccccc3)C(C)c3ccccc3)nc2n(CCC)c1=O. The second-order valence-corrected chi connectivity index (χ2v) is 8.69. The highest BCUT2D eigenvalue weighted by atomic mass is 16.2. The molecule has 2 aromatic heterocycles. The van der Waals surface area contributed by atoms with Crippen LogP contribution in [0, 0.1) is 0 Å². The monoisotopic (exact) mass is 444 g/mol. The normalized spacial score (nSPS) is 13.3. The van der Waals surface area contributed by atoms with Crippen LogP contribution in [0.15, 0.2) is 70.3 Å². The van der Waals surface area contributed by atoms with Gasteiger partial charge in [-0.1, -0.05) is 81.4 Å². The lowest BCUT2D eigenvalue weighted by Gasteiger charge is -2.24. The fraction of sp³-hybridized carbons (Fsp3) is 0.370. The number of hydrogen-bond acceptors (Lipinski definition) is 3. The number of nitrogens with zero attached hydrogens (tertiary/aromatic N) is 3. The average Bonchev–Trinajstić information content (AvgIpc) is 3.27. The molecule has 0 saturated heterocycles. The Morgan fingerprint density at radius 2 is 1.42 bits per heavy atom. The first-order chi connectivity index (χ1) is 16.0. The van der Waals surface area contributed by atoms with E-state index in [0.29, 0.717) is 30.7 Å². The second-order valence-electron chi connectivity index (χ2n) is 8.69. The lowest BCUT2D eigenvalue weighted by Crippen LogP contribution is -2.40. The molecule has 0 amide bonds. The zero-order valence-corrected chi connectivity index (χ0v) is 19.6. The van der Waals surface area contributed by atoms with E-state index in [1.54, 1.807) is 4.57 Å². The van der Waals surface area contributed by atoms with Crippen LogP contribution in [0.1, 0.15) is 62.4 Å². The minimum absolute atomic E-state index is 0.165. The molecule has 172 valence electrons. The molecule has 2 atom stereocenters. The van der Waals surface area contributed by atoms with Crippen molar-refractivity contribution in [1.29, 1.82) is 0 Å². The summed E-state index contributed by atoms with van der Waals surface area (Å²) in [7, 11) is 0. The van der Waals surface area contributed by atoms with Crippen LogP contribution in [0.2, 0.25) is 0 Å². The first-order valence-corrected chi connectivity index (χ1v) is 11.9. The maximum atomic E-state index is 13.1. The van der Waals surface area contributed by atoms with Gasteiger partial charge in [0.15, 0.2) is 5.65 Å². The fourth-order valence-electron chi connectivity index (χ4n) is 4.64. The molecule has 0 aliphatic heterocycles. The molecule has 1 N–H and O–H groups in total. The maximum Gasteiger partial charge on any atom is 0.332 e. The summed E-state index contributed by atoms with van der Waals surface area (Å²) in [5, 5.41) is 0. The summed E-state index contributed by atoms with van der Waals surface area (Å²) < 4.78 is 2.98. The summed E-state index contributed by atoms with van der Waals surface area (Å²) in [4.78, 5) is 34.2. The van der Waals surface area contributed by atoms with Gasteiger partial charge in [-0.3, -0.25) is 13.9 Å². The van der Waals surface area contributed by atoms with E-state index in [-0.39, 0.29) is 23.1 Å². The molecular weight excluding hydrogens is 412 g/mol. The van der Waals surface area contributed by atoms with E-state index in [2.05, 4.69) is 60.4 Å². The Balaban J connectivity index is 1.81. The van der Waals surface area contributed by atoms with E-state index in [4.69, 9.17) is 4.98 Å². The first-order valence-electron chi connectivity index (χ1n) is 11.9. The Kier molecular flexibility index (Phi) is 6.92. The summed E-state index contributed by atoms with van der Waals surface area (Å²) in [6, 6.07) is 20.9. The Labute approximate surface area is 193 Å². The number of benzene rings is 2. The molecule has 0 aliphatic rings. The van der Waals surface area contributed by atoms with Gasteiger partial charge in [0.1, 0.15) is 11.3 Å². The van der Waals surface area contributed by atoms with Gasteiger partial charge >= 0.3 is 5.69 Å². The predicted octanol–water partition coefficient (Wildman–Crippen LogP) is 4.84. The van der Waals surface area contributed by atoms with E-state index in [1.165, 1.54) is 15.7 Å². The molecule has 33 heavy (non-hydrogen) atoms. The number of aromatic nitrogens is 4. The molecule has 0 fully saturated rings. The van der Waals surface area contributed by atoms with Gasteiger partial charge in [-0.15, -0.1) is 0 Å². The molecule has 0 bridgehead atoms. The largest absolute Gasteiger partial charge is 0.336 e. The number of rotatable bonds is 9. The number of hydrogen-bond donors (Lipinski definition) is 1. The summed E-state index contributed by atoms with van der Waals surface area (Å²) in [6.07, 6.45) is 2.15. The number of fused-ring (bicyclic) bond motifs is 1.